The first kappa shape index (κ1) is 15.3. The van der Waals surface area contributed by atoms with Crippen LogP contribution in [0.3, 0.4) is 0 Å². The van der Waals surface area contributed by atoms with Crippen molar-refractivity contribution in [3.63, 3.8) is 0 Å². The molecule has 0 aliphatic rings. The molecule has 23 heavy (non-hydrogen) atoms. The lowest BCUT2D eigenvalue weighted by atomic mass is 10.2. The van der Waals surface area contributed by atoms with E-state index in [0.29, 0.717) is 11.5 Å². The van der Waals surface area contributed by atoms with Crippen LogP contribution in [-0.4, -0.2) is 26.1 Å². The first-order valence-corrected chi connectivity index (χ1v) is 7.48. The summed E-state index contributed by atoms with van der Waals surface area (Å²) in [4.78, 5) is 12.1. The SMILES string of the molecule is O=C(Cn1nnnc1-c1ccc(Br)cc1)Nc1cccc(F)c1. The molecule has 0 saturated heterocycles. The Morgan fingerprint density at radius 2 is 2.00 bits per heavy atom. The zero-order valence-corrected chi connectivity index (χ0v) is 13.4. The van der Waals surface area contributed by atoms with E-state index in [2.05, 4.69) is 36.8 Å². The van der Waals surface area contributed by atoms with E-state index in [1.54, 1.807) is 6.07 Å². The van der Waals surface area contributed by atoms with Crippen molar-refractivity contribution in [3.05, 3.63) is 58.8 Å². The van der Waals surface area contributed by atoms with Crippen molar-refractivity contribution in [1.82, 2.24) is 20.2 Å². The number of anilines is 1. The normalized spacial score (nSPS) is 10.5. The zero-order chi connectivity index (χ0) is 16.2. The van der Waals surface area contributed by atoms with Crippen LogP contribution in [0.1, 0.15) is 0 Å². The fourth-order valence-electron chi connectivity index (χ4n) is 2.02. The molecule has 0 aliphatic heterocycles. The highest BCUT2D eigenvalue weighted by Gasteiger charge is 2.12. The number of carbonyl (C=O) groups is 1. The summed E-state index contributed by atoms with van der Waals surface area (Å²) in [7, 11) is 0. The van der Waals surface area contributed by atoms with Crippen molar-refractivity contribution < 1.29 is 9.18 Å². The van der Waals surface area contributed by atoms with Crippen molar-refractivity contribution in [2.45, 2.75) is 6.54 Å². The number of carbonyl (C=O) groups excluding carboxylic acids is 1. The van der Waals surface area contributed by atoms with E-state index >= 15 is 0 Å². The average Bonchev–Trinajstić information content (AvgIpc) is 2.96. The highest BCUT2D eigenvalue weighted by Crippen LogP contribution is 2.19. The molecule has 6 nitrogen and oxygen atoms in total. The Labute approximate surface area is 139 Å². The summed E-state index contributed by atoms with van der Waals surface area (Å²) in [6.45, 7) is -0.0745. The summed E-state index contributed by atoms with van der Waals surface area (Å²) in [6, 6.07) is 13.1. The number of rotatable bonds is 4. The molecule has 8 heteroatoms. The van der Waals surface area contributed by atoms with E-state index < -0.39 is 5.82 Å². The van der Waals surface area contributed by atoms with Gasteiger partial charge < -0.3 is 5.32 Å². The number of nitrogens with one attached hydrogen (secondary N) is 1. The Balaban J connectivity index is 1.75. The van der Waals surface area contributed by atoms with Gasteiger partial charge in [0.25, 0.3) is 0 Å². The van der Waals surface area contributed by atoms with Gasteiger partial charge in [0.05, 0.1) is 0 Å². The third-order valence-corrected chi connectivity index (χ3v) is 3.56. The fourth-order valence-corrected chi connectivity index (χ4v) is 2.28. The monoisotopic (exact) mass is 375 g/mol. The minimum Gasteiger partial charge on any atom is -0.324 e. The van der Waals surface area contributed by atoms with Crippen molar-refractivity contribution in [1.29, 1.82) is 0 Å². The number of hydrogen-bond donors (Lipinski definition) is 1. The summed E-state index contributed by atoms with van der Waals surface area (Å²) in [5.74, 6) is -0.283. The van der Waals surface area contributed by atoms with Crippen LogP contribution in [0.25, 0.3) is 11.4 Å². The largest absolute Gasteiger partial charge is 0.324 e. The van der Waals surface area contributed by atoms with Crippen molar-refractivity contribution in [2.24, 2.45) is 0 Å². The second-order valence-corrected chi connectivity index (χ2v) is 5.64. The van der Waals surface area contributed by atoms with Gasteiger partial charge in [0, 0.05) is 15.7 Å². The number of amides is 1. The molecule has 1 amide bonds. The van der Waals surface area contributed by atoms with Gasteiger partial charge in [0.1, 0.15) is 12.4 Å². The number of benzene rings is 2. The fraction of sp³-hybridized carbons (Fsp3) is 0.0667. The summed E-state index contributed by atoms with van der Waals surface area (Å²) in [5.41, 5.74) is 1.17. The molecule has 1 aromatic heterocycles. The van der Waals surface area contributed by atoms with Gasteiger partial charge in [0.15, 0.2) is 5.82 Å². The predicted molar refractivity (Wildman–Crippen MR) is 86.0 cm³/mol. The molecule has 0 unspecified atom stereocenters. The molecule has 1 N–H and O–H groups in total. The van der Waals surface area contributed by atoms with Crippen molar-refractivity contribution >= 4 is 27.5 Å². The number of tetrazole rings is 1. The van der Waals surface area contributed by atoms with Gasteiger partial charge >= 0.3 is 0 Å². The minimum absolute atomic E-state index is 0.0745. The lowest BCUT2D eigenvalue weighted by Gasteiger charge is -2.07. The van der Waals surface area contributed by atoms with Gasteiger partial charge in [-0.1, -0.05) is 34.1 Å². The van der Waals surface area contributed by atoms with Gasteiger partial charge in [-0.25, -0.2) is 9.07 Å². The molecule has 0 aliphatic carbocycles. The quantitative estimate of drug-likeness (QED) is 0.760. The molecule has 0 radical (unpaired) electrons. The minimum atomic E-state index is -0.416. The van der Waals surface area contributed by atoms with E-state index in [1.807, 2.05) is 24.3 Å². The van der Waals surface area contributed by atoms with Crippen LogP contribution in [0.2, 0.25) is 0 Å². The van der Waals surface area contributed by atoms with Crippen molar-refractivity contribution in [2.75, 3.05) is 5.32 Å². The Bertz CT molecular complexity index is 834. The molecule has 0 saturated carbocycles. The van der Waals surface area contributed by atoms with Crippen LogP contribution < -0.4 is 5.32 Å². The Morgan fingerprint density at radius 3 is 2.74 bits per heavy atom. The molecule has 0 spiro atoms. The predicted octanol–water partition coefficient (Wildman–Crippen LogP) is 2.88. The Hall–Kier alpha value is -2.61. The maximum atomic E-state index is 13.1. The van der Waals surface area contributed by atoms with Gasteiger partial charge in [0.2, 0.25) is 5.91 Å². The van der Waals surface area contributed by atoms with Crippen LogP contribution in [-0.2, 0) is 11.3 Å². The summed E-state index contributed by atoms with van der Waals surface area (Å²) >= 11 is 3.36. The lowest BCUT2D eigenvalue weighted by Crippen LogP contribution is -2.20. The van der Waals surface area contributed by atoms with Gasteiger partial charge in [-0.2, -0.15) is 0 Å². The van der Waals surface area contributed by atoms with Crippen LogP contribution in [0, 0.1) is 5.82 Å². The van der Waals surface area contributed by atoms with Crippen LogP contribution >= 0.6 is 15.9 Å². The second-order valence-electron chi connectivity index (χ2n) is 4.73. The topological polar surface area (TPSA) is 72.7 Å². The molecule has 3 aromatic rings. The molecule has 0 atom stereocenters. The molecule has 3 rings (SSSR count). The number of halogens is 2. The average molecular weight is 376 g/mol. The summed E-state index contributed by atoms with van der Waals surface area (Å²) in [5, 5.41) is 14.0. The maximum Gasteiger partial charge on any atom is 0.246 e. The Kier molecular flexibility index (Phi) is 4.42. The molecule has 2 aromatic carbocycles. The molecule has 1 heterocycles. The number of nitrogens with zero attached hydrogens (tertiary/aromatic N) is 4. The molecular weight excluding hydrogens is 365 g/mol. The van der Waals surface area contributed by atoms with E-state index in [9.17, 15) is 9.18 Å². The van der Waals surface area contributed by atoms with Crippen LogP contribution in [0.5, 0.6) is 0 Å². The summed E-state index contributed by atoms with van der Waals surface area (Å²) in [6.07, 6.45) is 0. The van der Waals surface area contributed by atoms with Gasteiger partial charge in [-0.05, 0) is 40.8 Å². The van der Waals surface area contributed by atoms with E-state index in [1.165, 1.54) is 22.9 Å². The molecule has 0 bridgehead atoms. The van der Waals surface area contributed by atoms with Crippen LogP contribution in [0.4, 0.5) is 10.1 Å². The standard InChI is InChI=1S/C15H11BrFN5O/c16-11-6-4-10(5-7-11)15-19-20-21-22(15)9-14(23)18-13-3-1-2-12(17)8-13/h1-8H,9H2,(H,18,23). The Morgan fingerprint density at radius 1 is 1.22 bits per heavy atom. The maximum absolute atomic E-state index is 13.1. The van der Waals surface area contributed by atoms with Crippen LogP contribution in [0.15, 0.2) is 53.0 Å². The van der Waals surface area contributed by atoms with E-state index in [4.69, 9.17) is 0 Å². The van der Waals surface area contributed by atoms with Gasteiger partial charge in [-0.15, -0.1) is 5.10 Å². The number of hydrogen-bond acceptors (Lipinski definition) is 4. The third kappa shape index (κ3) is 3.78. The van der Waals surface area contributed by atoms with E-state index in [0.717, 1.165) is 10.0 Å². The third-order valence-electron chi connectivity index (χ3n) is 3.04. The zero-order valence-electron chi connectivity index (χ0n) is 11.8. The van der Waals surface area contributed by atoms with E-state index in [-0.39, 0.29) is 12.5 Å². The van der Waals surface area contributed by atoms with Gasteiger partial charge in [-0.3, -0.25) is 4.79 Å². The second kappa shape index (κ2) is 6.66. The number of aromatic nitrogens is 4. The highest BCUT2D eigenvalue weighted by atomic mass is 79.9. The molecular formula is C15H11BrFN5O. The smallest absolute Gasteiger partial charge is 0.246 e. The first-order chi connectivity index (χ1) is 11.1. The molecule has 116 valence electrons. The first-order valence-electron chi connectivity index (χ1n) is 6.69. The highest BCUT2D eigenvalue weighted by molar-refractivity contribution is 9.10. The van der Waals surface area contributed by atoms with Crippen molar-refractivity contribution in [3.8, 4) is 11.4 Å². The summed E-state index contributed by atoms with van der Waals surface area (Å²) < 4.78 is 15.4. The molecule has 0 fully saturated rings. The lowest BCUT2D eigenvalue weighted by molar-refractivity contribution is -0.116.